The number of benzene rings is 1. The number of likely N-dealkylation sites (tertiary alicyclic amines) is 1. The minimum Gasteiger partial charge on any atom is -0.493 e. The largest absolute Gasteiger partial charge is 0.493 e. The zero-order valence-corrected chi connectivity index (χ0v) is 17.0. The highest BCUT2D eigenvalue weighted by molar-refractivity contribution is 5.89. The van der Waals surface area contributed by atoms with E-state index in [9.17, 15) is 9.59 Å². The summed E-state index contributed by atoms with van der Waals surface area (Å²) in [6.07, 6.45) is 7.32. The van der Waals surface area contributed by atoms with Gasteiger partial charge in [0, 0.05) is 26.1 Å². The van der Waals surface area contributed by atoms with Crippen molar-refractivity contribution < 1.29 is 19.1 Å². The van der Waals surface area contributed by atoms with Gasteiger partial charge in [-0.25, -0.2) is 0 Å². The van der Waals surface area contributed by atoms with Crippen molar-refractivity contribution in [2.24, 2.45) is 11.8 Å². The Hall–Kier alpha value is -2.24. The topological polar surface area (TPSA) is 67.9 Å². The van der Waals surface area contributed by atoms with Crippen molar-refractivity contribution >= 4 is 11.8 Å². The molecule has 2 aliphatic rings. The van der Waals surface area contributed by atoms with E-state index in [1.807, 2.05) is 23.1 Å². The van der Waals surface area contributed by atoms with Crippen LogP contribution in [0.15, 0.2) is 18.2 Å². The summed E-state index contributed by atoms with van der Waals surface area (Å²) in [5.41, 5.74) is 1.08. The standard InChI is InChI=1S/C22H32N2O4/c1-27-19-9-8-16(12-20(19)28-2)10-11-24-15-18(13-21(24)25)22(26)23-14-17-6-4-3-5-7-17/h8-9,12,17-18H,3-7,10-11,13-15H2,1-2H3,(H,23,26). The molecule has 0 spiro atoms. The summed E-state index contributed by atoms with van der Waals surface area (Å²) >= 11 is 0. The highest BCUT2D eigenvalue weighted by atomic mass is 16.5. The van der Waals surface area contributed by atoms with Crippen LogP contribution in [0.25, 0.3) is 0 Å². The molecule has 1 aromatic carbocycles. The van der Waals surface area contributed by atoms with Crippen LogP contribution in [0.4, 0.5) is 0 Å². The van der Waals surface area contributed by atoms with Crippen LogP contribution in [0, 0.1) is 11.8 Å². The molecule has 3 rings (SSSR count). The van der Waals surface area contributed by atoms with E-state index in [0.717, 1.165) is 18.5 Å². The average molecular weight is 389 g/mol. The molecule has 1 heterocycles. The Labute approximate surface area is 167 Å². The third-order valence-electron chi connectivity index (χ3n) is 5.99. The molecule has 154 valence electrons. The summed E-state index contributed by atoms with van der Waals surface area (Å²) in [6.45, 7) is 1.89. The van der Waals surface area contributed by atoms with Gasteiger partial charge >= 0.3 is 0 Å². The molecule has 1 aliphatic carbocycles. The number of hydrogen-bond donors (Lipinski definition) is 1. The van der Waals surface area contributed by atoms with E-state index in [0.29, 0.717) is 36.9 Å². The van der Waals surface area contributed by atoms with Gasteiger partial charge in [-0.05, 0) is 42.9 Å². The molecule has 1 saturated carbocycles. The molecular weight excluding hydrogens is 356 g/mol. The number of carbonyl (C=O) groups is 2. The molecule has 1 unspecified atom stereocenters. The predicted molar refractivity (Wildman–Crippen MR) is 108 cm³/mol. The van der Waals surface area contributed by atoms with Gasteiger partial charge in [0.25, 0.3) is 0 Å². The zero-order chi connectivity index (χ0) is 19.9. The molecule has 1 aliphatic heterocycles. The molecule has 28 heavy (non-hydrogen) atoms. The van der Waals surface area contributed by atoms with Gasteiger partial charge in [-0.3, -0.25) is 9.59 Å². The Kier molecular flexibility index (Phi) is 7.18. The minimum atomic E-state index is -0.221. The van der Waals surface area contributed by atoms with E-state index in [4.69, 9.17) is 9.47 Å². The molecule has 1 N–H and O–H groups in total. The van der Waals surface area contributed by atoms with Crippen LogP contribution in [0.2, 0.25) is 0 Å². The van der Waals surface area contributed by atoms with Gasteiger partial charge in [0.05, 0.1) is 20.1 Å². The van der Waals surface area contributed by atoms with Crippen molar-refractivity contribution in [3.05, 3.63) is 23.8 Å². The van der Waals surface area contributed by atoms with Gasteiger partial charge in [-0.15, -0.1) is 0 Å². The molecular formula is C22H32N2O4. The molecule has 6 heteroatoms. The third kappa shape index (κ3) is 5.18. The Morgan fingerprint density at radius 1 is 1.14 bits per heavy atom. The molecule has 1 saturated heterocycles. The third-order valence-corrected chi connectivity index (χ3v) is 5.99. The van der Waals surface area contributed by atoms with Crippen LogP contribution in [0.1, 0.15) is 44.1 Å². The Bertz CT molecular complexity index is 685. The van der Waals surface area contributed by atoms with Crippen LogP contribution in [-0.4, -0.2) is 50.6 Å². The van der Waals surface area contributed by atoms with Crippen LogP contribution >= 0.6 is 0 Å². The van der Waals surface area contributed by atoms with Crippen LogP contribution in [0.5, 0.6) is 11.5 Å². The van der Waals surface area contributed by atoms with Crippen molar-refractivity contribution in [2.75, 3.05) is 33.9 Å². The van der Waals surface area contributed by atoms with Crippen molar-refractivity contribution in [3.8, 4) is 11.5 Å². The first-order valence-electron chi connectivity index (χ1n) is 10.4. The maximum atomic E-state index is 12.5. The minimum absolute atomic E-state index is 0.0348. The Morgan fingerprint density at radius 3 is 2.61 bits per heavy atom. The van der Waals surface area contributed by atoms with Gasteiger partial charge in [-0.1, -0.05) is 25.3 Å². The number of ether oxygens (including phenoxy) is 2. The van der Waals surface area contributed by atoms with E-state index >= 15 is 0 Å². The quantitative estimate of drug-likeness (QED) is 0.744. The lowest BCUT2D eigenvalue weighted by atomic mass is 9.89. The van der Waals surface area contributed by atoms with E-state index in [1.165, 1.54) is 32.1 Å². The van der Waals surface area contributed by atoms with E-state index in [2.05, 4.69) is 5.32 Å². The summed E-state index contributed by atoms with van der Waals surface area (Å²) in [4.78, 5) is 26.6. The predicted octanol–water partition coefficient (Wildman–Crippen LogP) is 2.79. The molecule has 0 bridgehead atoms. The molecule has 2 fully saturated rings. The lowest BCUT2D eigenvalue weighted by Gasteiger charge is -2.22. The fourth-order valence-electron chi connectivity index (χ4n) is 4.24. The summed E-state index contributed by atoms with van der Waals surface area (Å²) in [5, 5.41) is 3.09. The average Bonchev–Trinajstić information content (AvgIpc) is 3.11. The molecule has 2 amide bonds. The van der Waals surface area contributed by atoms with E-state index in [1.54, 1.807) is 14.2 Å². The maximum Gasteiger partial charge on any atom is 0.225 e. The van der Waals surface area contributed by atoms with Crippen molar-refractivity contribution in [1.82, 2.24) is 10.2 Å². The summed E-state index contributed by atoms with van der Waals surface area (Å²) in [6, 6.07) is 5.80. The lowest BCUT2D eigenvalue weighted by Crippen LogP contribution is -2.36. The number of carbonyl (C=O) groups excluding carboxylic acids is 2. The van der Waals surface area contributed by atoms with Gasteiger partial charge in [0.15, 0.2) is 11.5 Å². The molecule has 0 aromatic heterocycles. The number of methoxy groups -OCH3 is 2. The van der Waals surface area contributed by atoms with Crippen LogP contribution in [-0.2, 0) is 16.0 Å². The van der Waals surface area contributed by atoms with E-state index in [-0.39, 0.29) is 17.7 Å². The second-order valence-corrected chi connectivity index (χ2v) is 7.93. The van der Waals surface area contributed by atoms with Crippen molar-refractivity contribution in [2.45, 2.75) is 44.9 Å². The highest BCUT2D eigenvalue weighted by Crippen LogP contribution is 2.28. The molecule has 1 aromatic rings. The van der Waals surface area contributed by atoms with Gasteiger partial charge in [0.1, 0.15) is 0 Å². The number of nitrogens with one attached hydrogen (secondary N) is 1. The van der Waals surface area contributed by atoms with Gasteiger partial charge in [-0.2, -0.15) is 0 Å². The lowest BCUT2D eigenvalue weighted by molar-refractivity contribution is -0.129. The summed E-state index contributed by atoms with van der Waals surface area (Å²) in [5.74, 6) is 1.87. The second kappa shape index (κ2) is 9.80. The fraction of sp³-hybridized carbons (Fsp3) is 0.636. The van der Waals surface area contributed by atoms with Crippen LogP contribution < -0.4 is 14.8 Å². The number of nitrogens with zero attached hydrogens (tertiary/aromatic N) is 1. The Balaban J connectivity index is 1.47. The number of amides is 2. The molecule has 6 nitrogen and oxygen atoms in total. The highest BCUT2D eigenvalue weighted by Gasteiger charge is 2.34. The van der Waals surface area contributed by atoms with Gasteiger partial charge < -0.3 is 19.7 Å². The number of rotatable bonds is 8. The monoisotopic (exact) mass is 388 g/mol. The van der Waals surface area contributed by atoms with Crippen molar-refractivity contribution in [1.29, 1.82) is 0 Å². The van der Waals surface area contributed by atoms with Crippen molar-refractivity contribution in [3.63, 3.8) is 0 Å². The summed E-state index contributed by atoms with van der Waals surface area (Å²) < 4.78 is 10.6. The first kappa shape index (κ1) is 20.5. The molecule has 0 radical (unpaired) electrons. The Morgan fingerprint density at radius 2 is 1.89 bits per heavy atom. The first-order valence-corrected chi connectivity index (χ1v) is 10.4. The fourth-order valence-corrected chi connectivity index (χ4v) is 4.24. The van der Waals surface area contributed by atoms with E-state index < -0.39 is 0 Å². The van der Waals surface area contributed by atoms with Gasteiger partial charge in [0.2, 0.25) is 11.8 Å². The zero-order valence-electron chi connectivity index (χ0n) is 17.0. The number of hydrogen-bond acceptors (Lipinski definition) is 4. The first-order chi connectivity index (χ1) is 13.6. The molecule has 1 atom stereocenters. The SMILES string of the molecule is COc1ccc(CCN2CC(C(=O)NCC3CCCCC3)CC2=O)cc1OC. The normalized spacial score (nSPS) is 20.3. The maximum absolute atomic E-state index is 12.5. The summed E-state index contributed by atoms with van der Waals surface area (Å²) in [7, 11) is 3.22. The second-order valence-electron chi connectivity index (χ2n) is 7.93. The smallest absolute Gasteiger partial charge is 0.225 e. The van der Waals surface area contributed by atoms with Crippen LogP contribution in [0.3, 0.4) is 0 Å².